The lowest BCUT2D eigenvalue weighted by Crippen LogP contribution is -1.94. The van der Waals surface area contributed by atoms with Gasteiger partial charge in [0.05, 0.1) is 5.56 Å². The van der Waals surface area contributed by atoms with Crippen LogP contribution in [0.1, 0.15) is 18.9 Å². The van der Waals surface area contributed by atoms with Crippen molar-refractivity contribution in [2.24, 2.45) is 0 Å². The van der Waals surface area contributed by atoms with E-state index in [2.05, 4.69) is 6.92 Å². The summed E-state index contributed by atoms with van der Waals surface area (Å²) in [6, 6.07) is 12.8. The second-order valence-corrected chi connectivity index (χ2v) is 5.93. The summed E-state index contributed by atoms with van der Waals surface area (Å²) in [5.74, 6) is -2.50. The number of aryl methyl sites for hydroxylation is 1. The van der Waals surface area contributed by atoms with E-state index in [1.54, 1.807) is 12.1 Å². The minimum absolute atomic E-state index is 0.0282. The maximum Gasteiger partial charge on any atom is 0.134 e. The number of halogens is 3. The molecule has 0 heterocycles. The second-order valence-electron chi connectivity index (χ2n) is 5.93. The first-order valence-corrected chi connectivity index (χ1v) is 8.07. The highest BCUT2D eigenvalue weighted by Crippen LogP contribution is 2.33. The highest BCUT2D eigenvalue weighted by Gasteiger charge is 2.16. The largest absolute Gasteiger partial charge is 0.508 e. The Bertz CT molecular complexity index is 879. The van der Waals surface area contributed by atoms with Crippen LogP contribution in [-0.2, 0) is 6.42 Å². The minimum atomic E-state index is -0.759. The summed E-state index contributed by atoms with van der Waals surface area (Å²) in [6.07, 6.45) is 1.90. The van der Waals surface area contributed by atoms with Crippen molar-refractivity contribution in [3.8, 4) is 28.0 Å². The molecule has 0 radical (unpaired) electrons. The van der Waals surface area contributed by atoms with E-state index >= 15 is 0 Å². The van der Waals surface area contributed by atoms with E-state index in [1.807, 2.05) is 12.1 Å². The molecule has 0 aliphatic heterocycles. The first kappa shape index (κ1) is 17.1. The molecule has 0 fully saturated rings. The number of aromatic hydroxyl groups is 1. The van der Waals surface area contributed by atoms with Crippen molar-refractivity contribution in [2.45, 2.75) is 19.8 Å². The number of rotatable bonds is 4. The maximum absolute atomic E-state index is 14.5. The Morgan fingerprint density at radius 2 is 1.40 bits per heavy atom. The molecule has 0 bridgehead atoms. The lowest BCUT2D eigenvalue weighted by Gasteiger charge is -2.10. The van der Waals surface area contributed by atoms with Gasteiger partial charge in [0.15, 0.2) is 0 Å². The molecule has 0 saturated carbocycles. The molecule has 0 saturated heterocycles. The molecule has 25 heavy (non-hydrogen) atoms. The van der Waals surface area contributed by atoms with Gasteiger partial charge in [-0.3, -0.25) is 0 Å². The molecule has 3 rings (SSSR count). The van der Waals surface area contributed by atoms with Gasteiger partial charge in [-0.05, 0) is 47.4 Å². The van der Waals surface area contributed by atoms with Crippen molar-refractivity contribution in [1.29, 1.82) is 0 Å². The molecular formula is C21H17F3O. The molecule has 1 nitrogen and oxygen atoms in total. The van der Waals surface area contributed by atoms with Gasteiger partial charge in [0.25, 0.3) is 0 Å². The summed E-state index contributed by atoms with van der Waals surface area (Å²) < 4.78 is 43.0. The lowest BCUT2D eigenvalue weighted by molar-refractivity contribution is 0.469. The molecule has 0 amide bonds. The first-order valence-electron chi connectivity index (χ1n) is 8.07. The highest BCUT2D eigenvalue weighted by atomic mass is 19.1. The number of hydrogen-bond donors (Lipinski definition) is 1. The van der Waals surface area contributed by atoms with Gasteiger partial charge in [0.2, 0.25) is 0 Å². The lowest BCUT2D eigenvalue weighted by atomic mass is 9.97. The molecule has 0 aliphatic carbocycles. The Labute approximate surface area is 144 Å². The summed E-state index contributed by atoms with van der Waals surface area (Å²) in [7, 11) is 0. The Hall–Kier alpha value is -2.75. The fourth-order valence-corrected chi connectivity index (χ4v) is 2.87. The molecule has 0 aromatic heterocycles. The van der Waals surface area contributed by atoms with E-state index in [9.17, 15) is 18.3 Å². The SMILES string of the molecule is CCCc1ccc(-c2c(F)cc(-c3ccc(O)cc3F)cc2F)cc1. The molecule has 1 N–H and O–H groups in total. The summed E-state index contributed by atoms with van der Waals surface area (Å²) in [5.41, 5.74) is 1.52. The van der Waals surface area contributed by atoms with Crippen molar-refractivity contribution in [3.63, 3.8) is 0 Å². The Morgan fingerprint density at radius 3 is 1.96 bits per heavy atom. The number of phenols is 1. The number of benzene rings is 3. The van der Waals surface area contributed by atoms with Crippen LogP contribution in [0.4, 0.5) is 13.2 Å². The van der Waals surface area contributed by atoms with Gasteiger partial charge in [0, 0.05) is 11.6 Å². The van der Waals surface area contributed by atoms with E-state index in [0.717, 1.165) is 36.6 Å². The van der Waals surface area contributed by atoms with Crippen molar-refractivity contribution in [2.75, 3.05) is 0 Å². The van der Waals surface area contributed by atoms with E-state index < -0.39 is 17.5 Å². The summed E-state index contributed by atoms with van der Waals surface area (Å²) >= 11 is 0. The van der Waals surface area contributed by atoms with E-state index in [4.69, 9.17) is 0 Å². The van der Waals surface area contributed by atoms with Gasteiger partial charge in [-0.25, -0.2) is 13.2 Å². The maximum atomic E-state index is 14.5. The zero-order valence-electron chi connectivity index (χ0n) is 13.7. The predicted octanol–water partition coefficient (Wildman–Crippen LogP) is 6.10. The van der Waals surface area contributed by atoms with E-state index in [1.165, 1.54) is 12.1 Å². The van der Waals surface area contributed by atoms with Crippen LogP contribution in [0.2, 0.25) is 0 Å². The number of hydrogen-bond acceptors (Lipinski definition) is 1. The molecule has 3 aromatic rings. The van der Waals surface area contributed by atoms with E-state index in [0.29, 0.717) is 5.56 Å². The highest BCUT2D eigenvalue weighted by molar-refractivity contribution is 5.72. The van der Waals surface area contributed by atoms with Gasteiger partial charge in [-0.1, -0.05) is 37.6 Å². The summed E-state index contributed by atoms with van der Waals surface area (Å²) in [4.78, 5) is 0. The Morgan fingerprint density at radius 1 is 0.760 bits per heavy atom. The van der Waals surface area contributed by atoms with Crippen LogP contribution >= 0.6 is 0 Å². The summed E-state index contributed by atoms with van der Waals surface area (Å²) in [6.45, 7) is 2.06. The van der Waals surface area contributed by atoms with Crippen LogP contribution in [0.25, 0.3) is 22.3 Å². The fourth-order valence-electron chi connectivity index (χ4n) is 2.87. The predicted molar refractivity (Wildman–Crippen MR) is 92.8 cm³/mol. The van der Waals surface area contributed by atoms with Gasteiger partial charge in [-0.2, -0.15) is 0 Å². The van der Waals surface area contributed by atoms with Crippen molar-refractivity contribution < 1.29 is 18.3 Å². The zero-order valence-corrected chi connectivity index (χ0v) is 13.7. The van der Waals surface area contributed by atoms with E-state index in [-0.39, 0.29) is 22.4 Å². The molecule has 0 spiro atoms. The fraction of sp³-hybridized carbons (Fsp3) is 0.143. The van der Waals surface area contributed by atoms with Crippen molar-refractivity contribution in [1.82, 2.24) is 0 Å². The van der Waals surface area contributed by atoms with Crippen molar-refractivity contribution >= 4 is 0 Å². The summed E-state index contributed by atoms with van der Waals surface area (Å²) in [5, 5.41) is 9.26. The Balaban J connectivity index is 2.03. The average molecular weight is 342 g/mol. The minimum Gasteiger partial charge on any atom is -0.508 e. The van der Waals surface area contributed by atoms with Crippen LogP contribution in [0, 0.1) is 17.5 Å². The van der Waals surface area contributed by atoms with Crippen LogP contribution in [0.5, 0.6) is 5.75 Å². The average Bonchev–Trinajstić information content (AvgIpc) is 2.56. The number of phenolic OH excluding ortho intramolecular Hbond substituents is 1. The van der Waals surface area contributed by atoms with Crippen LogP contribution in [0.15, 0.2) is 54.6 Å². The molecule has 0 aliphatic rings. The monoisotopic (exact) mass is 342 g/mol. The Kier molecular flexibility index (Phi) is 4.79. The molecule has 128 valence electrons. The first-order chi connectivity index (χ1) is 12.0. The van der Waals surface area contributed by atoms with Gasteiger partial charge >= 0.3 is 0 Å². The smallest absolute Gasteiger partial charge is 0.134 e. The molecule has 4 heteroatoms. The molecule has 0 unspecified atom stereocenters. The van der Waals surface area contributed by atoms with Gasteiger partial charge < -0.3 is 5.11 Å². The van der Waals surface area contributed by atoms with Crippen molar-refractivity contribution in [3.05, 3.63) is 77.6 Å². The molecular weight excluding hydrogens is 325 g/mol. The third-order valence-corrected chi connectivity index (χ3v) is 4.09. The van der Waals surface area contributed by atoms with Gasteiger partial charge in [-0.15, -0.1) is 0 Å². The zero-order chi connectivity index (χ0) is 18.0. The quantitative estimate of drug-likeness (QED) is 0.608. The van der Waals surface area contributed by atoms with Crippen LogP contribution in [0.3, 0.4) is 0 Å². The normalized spacial score (nSPS) is 10.9. The topological polar surface area (TPSA) is 20.2 Å². The standard InChI is InChI=1S/C21H17F3O/c1-2-3-13-4-6-14(7-5-13)21-19(23)10-15(11-20(21)24)17-9-8-16(25)12-18(17)22/h4-12,25H,2-3H2,1H3. The molecule has 3 aromatic carbocycles. The van der Waals surface area contributed by atoms with Crippen LogP contribution in [-0.4, -0.2) is 5.11 Å². The van der Waals surface area contributed by atoms with Crippen LogP contribution < -0.4 is 0 Å². The third-order valence-electron chi connectivity index (χ3n) is 4.09. The second kappa shape index (κ2) is 7.01. The van der Waals surface area contributed by atoms with Gasteiger partial charge in [0.1, 0.15) is 23.2 Å². The third kappa shape index (κ3) is 3.53. The molecule has 0 atom stereocenters.